The van der Waals surface area contributed by atoms with Crippen LogP contribution in [-0.2, 0) is 0 Å². The first kappa shape index (κ1) is 24.5. The fourth-order valence-corrected chi connectivity index (χ4v) is 3.12. The van der Waals surface area contributed by atoms with E-state index in [0.717, 1.165) is 0 Å². The number of aromatic nitrogens is 3. The fourth-order valence-electron chi connectivity index (χ4n) is 3.12. The topological polar surface area (TPSA) is 129 Å². The van der Waals surface area contributed by atoms with Gasteiger partial charge in [-0.05, 0) is 36.4 Å². The lowest BCUT2D eigenvalue weighted by molar-refractivity contribution is 0.0948. The minimum absolute atomic E-state index is 0.206. The van der Waals surface area contributed by atoms with Crippen LogP contribution in [0.2, 0.25) is 0 Å². The van der Waals surface area contributed by atoms with Gasteiger partial charge in [-0.3, -0.25) is 34.2 Å². The lowest BCUT2D eigenvalue weighted by Gasteiger charge is -2.23. The number of carbonyl (C=O) groups is 3. The molecule has 10 nitrogen and oxygen atoms in total. The largest absolute Gasteiger partial charge is 0.351 e. The lowest BCUT2D eigenvalue weighted by atomic mass is 10.2. The van der Waals surface area contributed by atoms with Crippen LogP contribution in [0.1, 0.15) is 31.1 Å². The van der Waals surface area contributed by atoms with E-state index in [-0.39, 0.29) is 17.7 Å². The van der Waals surface area contributed by atoms with E-state index >= 15 is 0 Å². The van der Waals surface area contributed by atoms with Gasteiger partial charge in [0.2, 0.25) is 0 Å². The predicted octanol–water partition coefficient (Wildman–Crippen LogP) is 0.763. The van der Waals surface area contributed by atoms with E-state index in [9.17, 15) is 14.4 Å². The number of pyridine rings is 3. The molecule has 0 spiro atoms. The minimum Gasteiger partial charge on any atom is -0.351 e. The molecule has 0 atom stereocenters. The highest BCUT2D eigenvalue weighted by Crippen LogP contribution is 1.98. The molecule has 34 heavy (non-hydrogen) atoms. The van der Waals surface area contributed by atoms with E-state index in [0.29, 0.717) is 56.0 Å². The summed E-state index contributed by atoms with van der Waals surface area (Å²) in [4.78, 5) is 50.7. The molecule has 3 aromatic rings. The van der Waals surface area contributed by atoms with Crippen LogP contribution in [0.25, 0.3) is 0 Å². The summed E-state index contributed by atoms with van der Waals surface area (Å²) in [5.41, 5.74) is 1.46. The van der Waals surface area contributed by atoms with Gasteiger partial charge < -0.3 is 16.0 Å². The van der Waals surface area contributed by atoms with Gasteiger partial charge in [0, 0.05) is 76.4 Å². The molecule has 3 aromatic heterocycles. The highest BCUT2D eigenvalue weighted by Gasteiger charge is 2.11. The molecule has 10 heteroatoms. The van der Waals surface area contributed by atoms with Crippen molar-refractivity contribution in [3.63, 3.8) is 0 Å². The van der Waals surface area contributed by atoms with Crippen molar-refractivity contribution < 1.29 is 14.4 Å². The number of carbonyl (C=O) groups excluding carboxylic acids is 3. The second kappa shape index (κ2) is 13.4. The van der Waals surface area contributed by atoms with Crippen molar-refractivity contribution in [2.75, 3.05) is 39.3 Å². The van der Waals surface area contributed by atoms with E-state index in [2.05, 4.69) is 35.8 Å². The Balaban J connectivity index is 1.48. The summed E-state index contributed by atoms with van der Waals surface area (Å²) < 4.78 is 0. The van der Waals surface area contributed by atoms with E-state index in [1.165, 1.54) is 18.6 Å². The standard InChI is InChI=1S/C24H27N7O3/c32-22(19-4-1-7-25-16-19)28-10-13-31(14-11-29-23(33)20-5-2-8-26-17-20)15-12-30-24(34)21-6-3-9-27-18-21/h1-9,16-18H,10-15H2,(H,28,32)(H,29,33)(H,30,34). The fraction of sp³-hybridized carbons (Fsp3) is 0.250. The van der Waals surface area contributed by atoms with Crippen LogP contribution in [0.4, 0.5) is 0 Å². The van der Waals surface area contributed by atoms with Crippen molar-refractivity contribution in [3.8, 4) is 0 Å². The number of hydrogen-bond donors (Lipinski definition) is 3. The van der Waals surface area contributed by atoms with Crippen LogP contribution in [-0.4, -0.2) is 76.8 Å². The normalized spacial score (nSPS) is 10.5. The molecule has 0 fully saturated rings. The van der Waals surface area contributed by atoms with Crippen LogP contribution >= 0.6 is 0 Å². The van der Waals surface area contributed by atoms with Crippen LogP contribution in [0.5, 0.6) is 0 Å². The highest BCUT2D eigenvalue weighted by atomic mass is 16.2. The van der Waals surface area contributed by atoms with Crippen LogP contribution in [0.15, 0.2) is 73.6 Å². The molecule has 176 valence electrons. The van der Waals surface area contributed by atoms with E-state index in [4.69, 9.17) is 0 Å². The van der Waals surface area contributed by atoms with Gasteiger partial charge in [-0.1, -0.05) is 0 Å². The molecule has 0 saturated carbocycles. The summed E-state index contributed by atoms with van der Waals surface area (Å²) in [5.74, 6) is -0.617. The predicted molar refractivity (Wildman–Crippen MR) is 126 cm³/mol. The quantitative estimate of drug-likeness (QED) is 0.363. The summed E-state index contributed by atoms with van der Waals surface area (Å²) in [6.07, 6.45) is 9.35. The van der Waals surface area contributed by atoms with Gasteiger partial charge in [-0.15, -0.1) is 0 Å². The van der Waals surface area contributed by atoms with E-state index in [1.807, 2.05) is 0 Å². The highest BCUT2D eigenvalue weighted by molar-refractivity contribution is 5.94. The number of nitrogens with one attached hydrogen (secondary N) is 3. The summed E-state index contributed by atoms with van der Waals surface area (Å²) in [7, 11) is 0. The Kier molecular flexibility index (Phi) is 9.63. The van der Waals surface area contributed by atoms with Crippen LogP contribution in [0.3, 0.4) is 0 Å². The maximum absolute atomic E-state index is 12.3. The Hall–Kier alpha value is -4.18. The molecule has 3 amide bonds. The first-order valence-electron chi connectivity index (χ1n) is 10.9. The summed E-state index contributed by atoms with van der Waals surface area (Å²) in [6, 6.07) is 10.2. The molecule has 0 saturated heterocycles. The average Bonchev–Trinajstić information content (AvgIpc) is 2.89. The second-order valence-electron chi connectivity index (χ2n) is 7.33. The maximum atomic E-state index is 12.3. The third-order valence-corrected chi connectivity index (χ3v) is 4.91. The molecule has 0 aliphatic rings. The number of hydrogen-bond acceptors (Lipinski definition) is 7. The van der Waals surface area contributed by atoms with Gasteiger partial charge in [-0.25, -0.2) is 0 Å². The zero-order valence-electron chi connectivity index (χ0n) is 18.7. The summed E-state index contributed by atoms with van der Waals surface area (Å²) >= 11 is 0. The second-order valence-corrected chi connectivity index (χ2v) is 7.33. The zero-order valence-corrected chi connectivity index (χ0v) is 18.7. The molecule has 0 radical (unpaired) electrons. The van der Waals surface area contributed by atoms with Gasteiger partial charge in [0.15, 0.2) is 0 Å². The van der Waals surface area contributed by atoms with Crippen molar-refractivity contribution in [2.24, 2.45) is 0 Å². The Morgan fingerprint density at radius 1 is 0.588 bits per heavy atom. The minimum atomic E-state index is -0.206. The van der Waals surface area contributed by atoms with E-state index in [1.54, 1.807) is 55.0 Å². The van der Waals surface area contributed by atoms with Gasteiger partial charge >= 0.3 is 0 Å². The van der Waals surface area contributed by atoms with Gasteiger partial charge in [0.25, 0.3) is 17.7 Å². The molecular formula is C24H27N7O3. The van der Waals surface area contributed by atoms with Crippen molar-refractivity contribution in [3.05, 3.63) is 90.3 Å². The lowest BCUT2D eigenvalue weighted by Crippen LogP contribution is -2.43. The Bertz CT molecular complexity index is 913. The molecule has 0 aliphatic carbocycles. The maximum Gasteiger partial charge on any atom is 0.252 e. The third-order valence-electron chi connectivity index (χ3n) is 4.91. The van der Waals surface area contributed by atoms with Crippen LogP contribution in [0, 0.1) is 0 Å². The summed E-state index contributed by atoms with van der Waals surface area (Å²) in [5, 5.41) is 8.60. The van der Waals surface area contributed by atoms with Gasteiger partial charge in [0.05, 0.1) is 16.7 Å². The van der Waals surface area contributed by atoms with Crippen LogP contribution < -0.4 is 16.0 Å². The molecule has 3 N–H and O–H groups in total. The SMILES string of the molecule is O=C(NCCN(CCNC(=O)c1cccnc1)CCNC(=O)c1cccnc1)c1cccnc1. The zero-order chi connectivity index (χ0) is 24.0. The summed E-state index contributed by atoms with van der Waals surface area (Å²) in [6.45, 7) is 2.83. The molecule has 0 aromatic carbocycles. The van der Waals surface area contributed by atoms with Crippen molar-refractivity contribution >= 4 is 17.7 Å². The van der Waals surface area contributed by atoms with Gasteiger partial charge in [-0.2, -0.15) is 0 Å². The molecule has 0 aliphatic heterocycles. The van der Waals surface area contributed by atoms with Crippen molar-refractivity contribution in [1.29, 1.82) is 0 Å². The van der Waals surface area contributed by atoms with E-state index < -0.39 is 0 Å². The third kappa shape index (κ3) is 8.06. The molecular weight excluding hydrogens is 434 g/mol. The first-order valence-corrected chi connectivity index (χ1v) is 10.9. The molecule has 3 rings (SSSR count). The van der Waals surface area contributed by atoms with Crippen molar-refractivity contribution in [1.82, 2.24) is 35.8 Å². The Morgan fingerprint density at radius 3 is 1.18 bits per heavy atom. The van der Waals surface area contributed by atoms with Crippen molar-refractivity contribution in [2.45, 2.75) is 0 Å². The molecule has 0 unspecified atom stereocenters. The monoisotopic (exact) mass is 461 g/mol. The first-order chi connectivity index (χ1) is 16.6. The number of amides is 3. The molecule has 0 bridgehead atoms. The molecule has 3 heterocycles. The average molecular weight is 462 g/mol. The number of rotatable bonds is 12. The Morgan fingerprint density at radius 2 is 0.912 bits per heavy atom. The van der Waals surface area contributed by atoms with Gasteiger partial charge in [0.1, 0.15) is 0 Å². The Labute approximate surface area is 197 Å². The number of nitrogens with zero attached hydrogens (tertiary/aromatic N) is 4. The smallest absolute Gasteiger partial charge is 0.252 e.